The molecule has 1 rings (SSSR count). The molecule has 0 aromatic heterocycles. The number of hydrogen-bond donors (Lipinski definition) is 2. The van der Waals surface area contributed by atoms with Crippen LogP contribution in [0.25, 0.3) is 0 Å². The molecule has 1 aliphatic heterocycles. The van der Waals surface area contributed by atoms with Crippen molar-refractivity contribution in [3.05, 3.63) is 53.8 Å². The first-order valence-electron chi connectivity index (χ1n) is 9.32. The van der Waals surface area contributed by atoms with Crippen molar-refractivity contribution in [2.45, 2.75) is 34.1 Å². The number of hydrogen-bond acceptors (Lipinski definition) is 6. The maximum absolute atomic E-state index is 5.34. The first kappa shape index (κ1) is 24.6. The number of rotatable bonds is 13. The first-order valence-corrected chi connectivity index (χ1v) is 10.1. The standard InChI is InChI=1S/C18H29N3O2S.C2H6/c1-4-9-17(20-24-22-3)10-8-13-21(5-2)14-12-19-16-18-11-6-7-15-23-18;1-2/h6,8-11,15,19-20H,4-5,12-14,16H2,1-3H3;1-2H3/b10-8-,17-9+;. The van der Waals surface area contributed by atoms with Gasteiger partial charge in [0.1, 0.15) is 24.3 Å². The molecule has 1 aliphatic rings. The lowest BCUT2D eigenvalue weighted by molar-refractivity contribution is 0.305. The molecule has 1 heterocycles. The number of ether oxygens (including phenoxy) is 1. The molecule has 0 saturated heterocycles. The first-order chi connectivity index (χ1) is 12.8. The van der Waals surface area contributed by atoms with Gasteiger partial charge in [0.15, 0.2) is 0 Å². The Balaban J connectivity index is 0.00000301. The summed E-state index contributed by atoms with van der Waals surface area (Å²) in [5.41, 5.74) is 3.95. The Hall–Kier alpha value is -1.43. The topological polar surface area (TPSA) is 45.8 Å². The predicted octanol–water partition coefficient (Wildman–Crippen LogP) is 4.16. The van der Waals surface area contributed by atoms with Gasteiger partial charge in [-0.3, -0.25) is 4.90 Å². The average molecular weight is 382 g/mol. The molecule has 2 N–H and O–H groups in total. The quantitative estimate of drug-likeness (QED) is 0.164. The van der Waals surface area contributed by atoms with Crippen molar-refractivity contribution in [3.63, 3.8) is 0 Å². The van der Waals surface area contributed by atoms with Crippen LogP contribution in [0.3, 0.4) is 0 Å². The van der Waals surface area contributed by atoms with Crippen LogP contribution >= 0.6 is 12.2 Å². The summed E-state index contributed by atoms with van der Waals surface area (Å²) in [6, 6.07) is 0. The van der Waals surface area contributed by atoms with E-state index < -0.39 is 0 Å². The molecule has 0 atom stereocenters. The number of likely N-dealkylation sites (N-methyl/N-ethyl adjacent to an activating group) is 1. The Morgan fingerprint density at radius 1 is 1.38 bits per heavy atom. The molecule has 0 unspecified atom stereocenters. The minimum absolute atomic E-state index is 0.740. The summed E-state index contributed by atoms with van der Waals surface area (Å²) >= 11 is 1.23. The lowest BCUT2D eigenvalue weighted by Gasteiger charge is -2.19. The smallest absolute Gasteiger partial charge is 0.133 e. The van der Waals surface area contributed by atoms with E-state index in [4.69, 9.17) is 8.92 Å². The van der Waals surface area contributed by atoms with Gasteiger partial charge in [-0.2, -0.15) is 0 Å². The zero-order chi connectivity index (χ0) is 19.5. The maximum Gasteiger partial charge on any atom is 0.133 e. The van der Waals surface area contributed by atoms with Gasteiger partial charge in [-0.05, 0) is 31.2 Å². The van der Waals surface area contributed by atoms with Crippen LogP contribution in [0, 0.1) is 0 Å². The normalized spacial score (nSPS) is 13.5. The van der Waals surface area contributed by atoms with Crippen LogP contribution in [0.15, 0.2) is 53.8 Å². The van der Waals surface area contributed by atoms with Crippen molar-refractivity contribution in [1.82, 2.24) is 14.9 Å². The lowest BCUT2D eigenvalue weighted by atomic mass is 10.3. The van der Waals surface area contributed by atoms with Crippen LogP contribution in [-0.4, -0.2) is 44.7 Å². The van der Waals surface area contributed by atoms with E-state index in [1.54, 1.807) is 13.4 Å². The Morgan fingerprint density at radius 2 is 2.19 bits per heavy atom. The van der Waals surface area contributed by atoms with Crippen molar-refractivity contribution in [2.75, 3.05) is 39.8 Å². The third kappa shape index (κ3) is 12.9. The van der Waals surface area contributed by atoms with Crippen LogP contribution < -0.4 is 10.0 Å². The SMILES string of the molecule is CC.CC/C=C(\C=C/CN(CC)CCNCC1=CC=C=CO1)NSOC. The minimum atomic E-state index is 0.740. The van der Waals surface area contributed by atoms with E-state index >= 15 is 0 Å². The van der Waals surface area contributed by atoms with Gasteiger partial charge in [0, 0.05) is 25.3 Å². The third-order valence-corrected chi connectivity index (χ3v) is 3.81. The van der Waals surface area contributed by atoms with E-state index in [0.29, 0.717) is 0 Å². The van der Waals surface area contributed by atoms with Gasteiger partial charge in [0.2, 0.25) is 0 Å². The maximum atomic E-state index is 5.34. The van der Waals surface area contributed by atoms with E-state index in [1.807, 2.05) is 26.0 Å². The summed E-state index contributed by atoms with van der Waals surface area (Å²) < 4.78 is 13.5. The second-order valence-corrected chi connectivity index (χ2v) is 5.80. The van der Waals surface area contributed by atoms with Gasteiger partial charge in [-0.1, -0.05) is 45.6 Å². The summed E-state index contributed by atoms with van der Waals surface area (Å²) in [5, 5.41) is 3.40. The predicted molar refractivity (Wildman–Crippen MR) is 113 cm³/mol. The molecule has 5 nitrogen and oxygen atoms in total. The summed E-state index contributed by atoms with van der Waals surface area (Å²) in [4.78, 5) is 2.38. The monoisotopic (exact) mass is 381 g/mol. The third-order valence-electron chi connectivity index (χ3n) is 3.32. The number of allylic oxidation sites excluding steroid dienone is 4. The zero-order valence-corrected chi connectivity index (χ0v) is 17.7. The second-order valence-electron chi connectivity index (χ2n) is 5.09. The summed E-state index contributed by atoms with van der Waals surface area (Å²) in [6.07, 6.45) is 12.8. The molecule has 26 heavy (non-hydrogen) atoms. The lowest BCUT2D eigenvalue weighted by Crippen LogP contribution is -2.33. The molecule has 0 amide bonds. The number of nitrogens with zero attached hydrogens (tertiary/aromatic N) is 1. The highest BCUT2D eigenvalue weighted by Crippen LogP contribution is 2.03. The highest BCUT2D eigenvalue weighted by Gasteiger charge is 2.01. The molecule has 0 aliphatic carbocycles. The minimum Gasteiger partial charge on any atom is -0.460 e. The summed E-state index contributed by atoms with van der Waals surface area (Å²) in [7, 11) is 1.65. The van der Waals surface area contributed by atoms with Crippen LogP contribution in [0.1, 0.15) is 34.1 Å². The molecule has 0 aromatic carbocycles. The Kier molecular flexibility index (Phi) is 17.4. The Labute approximate surface area is 164 Å². The van der Waals surface area contributed by atoms with Crippen molar-refractivity contribution in [2.24, 2.45) is 0 Å². The van der Waals surface area contributed by atoms with E-state index in [9.17, 15) is 0 Å². The van der Waals surface area contributed by atoms with Crippen molar-refractivity contribution in [3.8, 4) is 0 Å². The molecular weight excluding hydrogens is 346 g/mol. The molecule has 0 bridgehead atoms. The van der Waals surface area contributed by atoms with Crippen molar-refractivity contribution < 1.29 is 8.92 Å². The van der Waals surface area contributed by atoms with Gasteiger partial charge in [-0.25, -0.2) is 0 Å². The molecule has 0 aromatic rings. The molecule has 0 saturated carbocycles. The van der Waals surface area contributed by atoms with E-state index in [0.717, 1.165) is 50.6 Å². The number of nitrogens with one attached hydrogen (secondary N) is 2. The van der Waals surface area contributed by atoms with E-state index in [2.05, 4.69) is 52.7 Å². The van der Waals surface area contributed by atoms with Gasteiger partial charge >= 0.3 is 0 Å². The van der Waals surface area contributed by atoms with Gasteiger partial charge < -0.3 is 19.0 Å². The molecule has 0 fully saturated rings. The fourth-order valence-electron chi connectivity index (χ4n) is 2.04. The largest absolute Gasteiger partial charge is 0.460 e. The molecule has 0 spiro atoms. The van der Waals surface area contributed by atoms with Crippen molar-refractivity contribution >= 4 is 12.2 Å². The molecule has 6 heteroatoms. The van der Waals surface area contributed by atoms with E-state index in [1.165, 1.54) is 12.2 Å². The summed E-state index contributed by atoms with van der Waals surface area (Å²) in [6.45, 7) is 12.9. The van der Waals surface area contributed by atoms with E-state index in [-0.39, 0.29) is 0 Å². The van der Waals surface area contributed by atoms with Crippen LogP contribution in [0.2, 0.25) is 0 Å². The fourth-order valence-corrected chi connectivity index (χ4v) is 2.37. The highest BCUT2D eigenvalue weighted by atomic mass is 32.2. The molecule has 148 valence electrons. The molecule has 0 radical (unpaired) electrons. The van der Waals surface area contributed by atoms with Gasteiger partial charge in [-0.15, -0.1) is 0 Å². The second kappa shape index (κ2) is 18.4. The summed E-state index contributed by atoms with van der Waals surface area (Å²) in [5.74, 6) is 0.924. The average Bonchev–Trinajstić information content (AvgIpc) is 2.70. The van der Waals surface area contributed by atoms with Crippen LogP contribution in [-0.2, 0) is 8.92 Å². The highest BCUT2D eigenvalue weighted by molar-refractivity contribution is 7.92. The van der Waals surface area contributed by atoms with Crippen LogP contribution in [0.4, 0.5) is 0 Å². The molecular formula is C20H35N3O2S. The van der Waals surface area contributed by atoms with Gasteiger partial charge in [0.05, 0.1) is 13.7 Å². The van der Waals surface area contributed by atoms with Crippen LogP contribution in [0.5, 0.6) is 0 Å². The Bertz CT molecular complexity index is 495. The van der Waals surface area contributed by atoms with Crippen molar-refractivity contribution in [1.29, 1.82) is 0 Å². The van der Waals surface area contributed by atoms with Gasteiger partial charge in [0.25, 0.3) is 0 Å². The zero-order valence-electron chi connectivity index (χ0n) is 16.9. The fraction of sp³-hybridized carbons (Fsp3) is 0.550. The Morgan fingerprint density at radius 3 is 2.81 bits per heavy atom.